The van der Waals surface area contributed by atoms with Gasteiger partial charge in [0, 0.05) is 16.5 Å². The highest BCUT2D eigenvalue weighted by molar-refractivity contribution is 7.98. The van der Waals surface area contributed by atoms with Gasteiger partial charge in [-0.25, -0.2) is 17.4 Å². The fourth-order valence-electron chi connectivity index (χ4n) is 2.70. The maximum absolute atomic E-state index is 13.3. The Morgan fingerprint density at radius 2 is 1.88 bits per heavy atom. The van der Waals surface area contributed by atoms with E-state index in [9.17, 15) is 8.42 Å². The highest BCUT2D eigenvalue weighted by atomic mass is 32.2. The molecule has 1 aromatic carbocycles. The Labute approximate surface area is 149 Å². The van der Waals surface area contributed by atoms with Crippen LogP contribution in [0.5, 0.6) is 0 Å². The minimum absolute atomic E-state index is 0.205. The van der Waals surface area contributed by atoms with E-state index in [1.807, 2.05) is 12.3 Å². The summed E-state index contributed by atoms with van der Waals surface area (Å²) < 4.78 is 33.2. The Morgan fingerprint density at radius 3 is 2.56 bits per heavy atom. The van der Waals surface area contributed by atoms with E-state index in [1.165, 1.54) is 10.2 Å². The van der Waals surface area contributed by atoms with E-state index in [0.29, 0.717) is 17.1 Å². The maximum atomic E-state index is 13.3. The van der Waals surface area contributed by atoms with Crippen LogP contribution in [-0.2, 0) is 10.0 Å². The molecule has 25 heavy (non-hydrogen) atoms. The van der Waals surface area contributed by atoms with E-state index in [-0.39, 0.29) is 4.90 Å². The van der Waals surface area contributed by atoms with Crippen LogP contribution in [0.2, 0.25) is 0 Å². The maximum Gasteiger partial charge on any atom is 0.270 e. The first-order chi connectivity index (χ1) is 12.1. The number of benzene rings is 1. The summed E-state index contributed by atoms with van der Waals surface area (Å²) in [5, 5.41) is 0.748. The molecule has 3 aromatic heterocycles. The molecule has 0 aliphatic heterocycles. The zero-order valence-corrected chi connectivity index (χ0v) is 14.9. The SMILES string of the molecule is CSc1cnc2c(c1)cc(-c1ccco1)n2S(=O)(=O)c1ccccc1. The molecule has 0 fully saturated rings. The molecule has 0 saturated carbocycles. The summed E-state index contributed by atoms with van der Waals surface area (Å²) >= 11 is 1.56. The van der Waals surface area contributed by atoms with Gasteiger partial charge in [0.25, 0.3) is 10.0 Å². The highest BCUT2D eigenvalue weighted by Gasteiger charge is 2.25. The van der Waals surface area contributed by atoms with E-state index in [4.69, 9.17) is 4.42 Å². The molecule has 4 aromatic rings. The summed E-state index contributed by atoms with van der Waals surface area (Å²) in [4.78, 5) is 5.57. The molecular formula is C18H14N2O3S2. The molecule has 0 saturated heterocycles. The molecule has 0 bridgehead atoms. The molecule has 4 rings (SSSR count). The van der Waals surface area contributed by atoms with Gasteiger partial charge in [0.2, 0.25) is 0 Å². The predicted molar refractivity (Wildman–Crippen MR) is 98.2 cm³/mol. The molecule has 3 heterocycles. The third-order valence-corrected chi connectivity index (χ3v) is 6.28. The van der Waals surface area contributed by atoms with Crippen molar-refractivity contribution in [2.24, 2.45) is 0 Å². The zero-order valence-electron chi connectivity index (χ0n) is 13.3. The first-order valence-electron chi connectivity index (χ1n) is 7.51. The van der Waals surface area contributed by atoms with Gasteiger partial charge in [-0.1, -0.05) is 18.2 Å². The standard InChI is InChI=1S/C18H14N2O3S2/c1-24-14-10-13-11-16(17-8-5-9-23-17)20(18(13)19-12-14)25(21,22)15-6-3-2-4-7-15/h2-12H,1H3. The smallest absolute Gasteiger partial charge is 0.270 e. The first-order valence-corrected chi connectivity index (χ1v) is 10.2. The molecule has 0 atom stereocenters. The van der Waals surface area contributed by atoms with Gasteiger partial charge in [-0.3, -0.25) is 0 Å². The monoisotopic (exact) mass is 370 g/mol. The van der Waals surface area contributed by atoms with Gasteiger partial charge in [-0.05, 0) is 42.7 Å². The fourth-order valence-corrected chi connectivity index (χ4v) is 4.60. The van der Waals surface area contributed by atoms with E-state index in [1.54, 1.807) is 66.5 Å². The average molecular weight is 370 g/mol. The van der Waals surface area contributed by atoms with Crippen molar-refractivity contribution < 1.29 is 12.8 Å². The number of fused-ring (bicyclic) bond motifs is 1. The number of furan rings is 1. The van der Waals surface area contributed by atoms with Crippen molar-refractivity contribution in [1.29, 1.82) is 0 Å². The molecule has 0 amide bonds. The Bertz CT molecular complexity index is 1130. The average Bonchev–Trinajstić information content (AvgIpc) is 3.29. The molecule has 0 radical (unpaired) electrons. The van der Waals surface area contributed by atoms with Crippen molar-refractivity contribution in [1.82, 2.24) is 8.96 Å². The van der Waals surface area contributed by atoms with Crippen LogP contribution in [0, 0.1) is 0 Å². The number of aromatic nitrogens is 2. The van der Waals surface area contributed by atoms with Gasteiger partial charge in [-0.2, -0.15) is 0 Å². The quantitative estimate of drug-likeness (QED) is 0.502. The van der Waals surface area contributed by atoms with Crippen LogP contribution in [0.3, 0.4) is 0 Å². The number of hydrogen-bond acceptors (Lipinski definition) is 5. The van der Waals surface area contributed by atoms with Crippen molar-refractivity contribution in [3.05, 3.63) is 67.1 Å². The molecule has 0 aliphatic carbocycles. The number of hydrogen-bond donors (Lipinski definition) is 0. The van der Waals surface area contributed by atoms with Crippen LogP contribution in [0.25, 0.3) is 22.5 Å². The summed E-state index contributed by atoms with van der Waals surface area (Å²) in [5.41, 5.74) is 0.836. The summed E-state index contributed by atoms with van der Waals surface area (Å²) in [7, 11) is -3.81. The number of pyridine rings is 1. The highest BCUT2D eigenvalue weighted by Crippen LogP contribution is 2.32. The van der Waals surface area contributed by atoms with Gasteiger partial charge in [-0.15, -0.1) is 11.8 Å². The normalized spacial score (nSPS) is 11.9. The fraction of sp³-hybridized carbons (Fsp3) is 0.0556. The summed E-state index contributed by atoms with van der Waals surface area (Å²) in [5.74, 6) is 0.475. The number of rotatable bonds is 4. The summed E-state index contributed by atoms with van der Waals surface area (Å²) in [6, 6.07) is 15.5. The third-order valence-electron chi connectivity index (χ3n) is 3.86. The molecule has 0 aliphatic rings. The molecule has 0 spiro atoms. The van der Waals surface area contributed by atoms with E-state index in [0.717, 1.165) is 10.3 Å². The topological polar surface area (TPSA) is 65.1 Å². The van der Waals surface area contributed by atoms with Gasteiger partial charge in [0.15, 0.2) is 11.4 Å². The van der Waals surface area contributed by atoms with Crippen molar-refractivity contribution in [3.8, 4) is 11.5 Å². The lowest BCUT2D eigenvalue weighted by atomic mass is 10.3. The van der Waals surface area contributed by atoms with Crippen LogP contribution in [0.4, 0.5) is 0 Å². The Hall–Kier alpha value is -2.51. The Morgan fingerprint density at radius 1 is 1.08 bits per heavy atom. The second kappa shape index (κ2) is 6.09. The second-order valence-corrected chi connectivity index (χ2v) is 8.04. The predicted octanol–water partition coefficient (Wildman–Crippen LogP) is 4.26. The lowest BCUT2D eigenvalue weighted by molar-refractivity contribution is 0.572. The molecule has 0 unspecified atom stereocenters. The largest absolute Gasteiger partial charge is 0.463 e. The van der Waals surface area contributed by atoms with Crippen LogP contribution < -0.4 is 0 Å². The van der Waals surface area contributed by atoms with Crippen LogP contribution >= 0.6 is 11.8 Å². The lowest BCUT2D eigenvalue weighted by Crippen LogP contribution is -2.14. The Kier molecular flexibility index (Phi) is 3.89. The van der Waals surface area contributed by atoms with Crippen LogP contribution in [0.15, 0.2) is 81.3 Å². The van der Waals surface area contributed by atoms with Gasteiger partial charge >= 0.3 is 0 Å². The number of thioether (sulfide) groups is 1. The number of nitrogens with zero attached hydrogens (tertiary/aromatic N) is 2. The molecule has 126 valence electrons. The minimum Gasteiger partial charge on any atom is -0.463 e. The van der Waals surface area contributed by atoms with E-state index in [2.05, 4.69) is 4.98 Å². The van der Waals surface area contributed by atoms with E-state index >= 15 is 0 Å². The first kappa shape index (κ1) is 16.0. The van der Waals surface area contributed by atoms with Gasteiger partial charge < -0.3 is 4.42 Å². The van der Waals surface area contributed by atoms with Crippen LogP contribution in [-0.4, -0.2) is 23.6 Å². The molecule has 5 nitrogen and oxygen atoms in total. The van der Waals surface area contributed by atoms with E-state index < -0.39 is 10.0 Å². The van der Waals surface area contributed by atoms with Crippen molar-refractivity contribution in [3.63, 3.8) is 0 Å². The van der Waals surface area contributed by atoms with Crippen molar-refractivity contribution in [2.75, 3.05) is 6.26 Å². The second-order valence-electron chi connectivity index (χ2n) is 5.38. The third kappa shape index (κ3) is 2.65. The van der Waals surface area contributed by atoms with Crippen LogP contribution in [0.1, 0.15) is 0 Å². The van der Waals surface area contributed by atoms with Gasteiger partial charge in [0.1, 0.15) is 5.69 Å². The molecular weight excluding hydrogens is 356 g/mol. The molecule has 7 heteroatoms. The van der Waals surface area contributed by atoms with Gasteiger partial charge in [0.05, 0.1) is 11.2 Å². The summed E-state index contributed by atoms with van der Waals surface area (Å²) in [6.45, 7) is 0. The zero-order chi connectivity index (χ0) is 17.4. The summed E-state index contributed by atoms with van der Waals surface area (Å²) in [6.07, 6.45) is 5.15. The molecule has 0 N–H and O–H groups in total. The lowest BCUT2D eigenvalue weighted by Gasteiger charge is -2.10. The van der Waals surface area contributed by atoms with Crippen molar-refractivity contribution >= 4 is 32.8 Å². The minimum atomic E-state index is -3.81. The Balaban J connectivity index is 2.06. The van der Waals surface area contributed by atoms with Crippen molar-refractivity contribution in [2.45, 2.75) is 9.79 Å².